The van der Waals surface area contributed by atoms with Crippen LogP contribution in [0.15, 0.2) is 18.5 Å². The summed E-state index contributed by atoms with van der Waals surface area (Å²) in [6, 6.07) is 1.71. The molecule has 0 atom stereocenters. The normalized spacial score (nSPS) is 22.7. The molecule has 33 heavy (non-hydrogen) atoms. The SMILES string of the molecule is CCN(C(=O)c1[nH]cnc1C(N)=O)C1CCC2(CC1)CCN(c1cc(F)c(F)cc1Cl)C2=O. The fraction of sp³-hybridized carbons (Fsp3) is 0.455. The van der Waals surface area contributed by atoms with E-state index in [4.69, 9.17) is 17.3 Å². The molecule has 3 N–H and O–H groups in total. The third kappa shape index (κ3) is 3.96. The minimum absolute atomic E-state index is 0.0134. The van der Waals surface area contributed by atoms with Crippen molar-refractivity contribution in [3.05, 3.63) is 46.5 Å². The zero-order chi connectivity index (χ0) is 23.9. The van der Waals surface area contributed by atoms with E-state index in [0.717, 1.165) is 12.1 Å². The summed E-state index contributed by atoms with van der Waals surface area (Å²) < 4.78 is 27.2. The van der Waals surface area contributed by atoms with Crippen molar-refractivity contribution in [1.82, 2.24) is 14.9 Å². The van der Waals surface area contributed by atoms with Gasteiger partial charge in [-0.15, -0.1) is 0 Å². The largest absolute Gasteiger partial charge is 0.364 e. The predicted molar refractivity (Wildman–Crippen MR) is 117 cm³/mol. The summed E-state index contributed by atoms with van der Waals surface area (Å²) in [7, 11) is 0. The van der Waals surface area contributed by atoms with E-state index < -0.39 is 23.0 Å². The average molecular weight is 480 g/mol. The first-order valence-corrected chi connectivity index (χ1v) is 11.2. The van der Waals surface area contributed by atoms with Crippen LogP contribution >= 0.6 is 11.6 Å². The van der Waals surface area contributed by atoms with E-state index in [1.807, 2.05) is 6.92 Å². The number of carbonyl (C=O) groups excluding carboxylic acids is 3. The van der Waals surface area contributed by atoms with E-state index in [0.29, 0.717) is 45.2 Å². The smallest absolute Gasteiger partial charge is 0.273 e. The molecule has 176 valence electrons. The number of carbonyl (C=O) groups is 3. The molecule has 1 spiro atoms. The Morgan fingerprint density at radius 2 is 1.94 bits per heavy atom. The van der Waals surface area contributed by atoms with E-state index >= 15 is 0 Å². The monoisotopic (exact) mass is 479 g/mol. The van der Waals surface area contributed by atoms with Gasteiger partial charge in [-0.3, -0.25) is 14.4 Å². The Hall–Kier alpha value is -3.01. The van der Waals surface area contributed by atoms with E-state index in [-0.39, 0.29) is 40.0 Å². The van der Waals surface area contributed by atoms with E-state index in [9.17, 15) is 23.2 Å². The highest BCUT2D eigenvalue weighted by Gasteiger charge is 2.50. The van der Waals surface area contributed by atoms with Crippen molar-refractivity contribution in [2.45, 2.75) is 45.1 Å². The van der Waals surface area contributed by atoms with Crippen LogP contribution in [0.3, 0.4) is 0 Å². The van der Waals surface area contributed by atoms with Crippen molar-refractivity contribution < 1.29 is 23.2 Å². The summed E-state index contributed by atoms with van der Waals surface area (Å²) in [4.78, 5) is 47.6. The molecule has 1 saturated carbocycles. The number of aromatic amines is 1. The standard InChI is InChI=1S/C22H24ClF2N5O3/c1-2-29(20(32)18-17(19(26)31)27-11-28-18)12-3-5-22(6-4-12)7-8-30(21(22)33)16-10-15(25)14(24)9-13(16)23/h9-12H,2-8H2,1H3,(H2,26,31)(H,27,28). The second-order valence-electron chi connectivity index (χ2n) is 8.52. The Kier molecular flexibility index (Phi) is 6.13. The quantitative estimate of drug-likeness (QED) is 0.641. The molecule has 0 unspecified atom stereocenters. The van der Waals surface area contributed by atoms with E-state index in [1.165, 1.54) is 11.2 Å². The second kappa shape index (κ2) is 8.74. The third-order valence-electron chi connectivity index (χ3n) is 6.83. The lowest BCUT2D eigenvalue weighted by Crippen LogP contribution is -2.46. The Morgan fingerprint density at radius 1 is 1.27 bits per heavy atom. The first-order valence-electron chi connectivity index (χ1n) is 10.8. The zero-order valence-corrected chi connectivity index (χ0v) is 18.8. The molecule has 3 amide bonds. The van der Waals surface area contributed by atoms with Gasteiger partial charge in [0.15, 0.2) is 17.3 Å². The van der Waals surface area contributed by atoms with Crippen LogP contribution in [-0.4, -0.2) is 51.7 Å². The second-order valence-corrected chi connectivity index (χ2v) is 8.92. The van der Waals surface area contributed by atoms with Crippen LogP contribution in [0.25, 0.3) is 0 Å². The first-order chi connectivity index (χ1) is 15.7. The summed E-state index contributed by atoms with van der Waals surface area (Å²) in [5, 5.41) is -0.0134. The highest BCUT2D eigenvalue weighted by molar-refractivity contribution is 6.34. The van der Waals surface area contributed by atoms with Crippen molar-refractivity contribution in [3.8, 4) is 0 Å². The van der Waals surface area contributed by atoms with Crippen molar-refractivity contribution >= 4 is 35.0 Å². The number of nitrogens with zero attached hydrogens (tertiary/aromatic N) is 3. The number of rotatable bonds is 5. The summed E-state index contributed by atoms with van der Waals surface area (Å²) in [6.45, 7) is 2.62. The van der Waals surface area contributed by atoms with Gasteiger partial charge in [0.05, 0.1) is 22.5 Å². The fourth-order valence-corrected chi connectivity index (χ4v) is 5.31. The molecule has 8 nitrogen and oxygen atoms in total. The molecule has 2 heterocycles. The van der Waals surface area contributed by atoms with Crippen LogP contribution in [0.1, 0.15) is 60.0 Å². The molecule has 2 fully saturated rings. The molecule has 2 aromatic rings. The molecule has 1 aromatic carbocycles. The summed E-state index contributed by atoms with van der Waals surface area (Å²) in [6.07, 6.45) is 4.09. The van der Waals surface area contributed by atoms with Crippen molar-refractivity contribution in [2.24, 2.45) is 11.1 Å². The van der Waals surface area contributed by atoms with Gasteiger partial charge in [0.25, 0.3) is 11.8 Å². The van der Waals surface area contributed by atoms with Gasteiger partial charge < -0.3 is 20.5 Å². The van der Waals surface area contributed by atoms with Gasteiger partial charge in [-0.25, -0.2) is 13.8 Å². The topological polar surface area (TPSA) is 112 Å². The molecule has 0 bridgehead atoms. The predicted octanol–water partition coefficient (Wildman–Crippen LogP) is 3.27. The Labute approximate surface area is 194 Å². The van der Waals surface area contributed by atoms with E-state index in [2.05, 4.69) is 9.97 Å². The van der Waals surface area contributed by atoms with Gasteiger partial charge in [-0.1, -0.05) is 11.6 Å². The van der Waals surface area contributed by atoms with E-state index in [1.54, 1.807) is 4.90 Å². The van der Waals surface area contributed by atoms with Crippen molar-refractivity contribution in [2.75, 3.05) is 18.0 Å². The lowest BCUT2D eigenvalue weighted by molar-refractivity contribution is -0.127. The Morgan fingerprint density at radius 3 is 2.58 bits per heavy atom. The Bertz CT molecular complexity index is 1110. The van der Waals surface area contributed by atoms with Gasteiger partial charge in [-0.05, 0) is 45.1 Å². The van der Waals surface area contributed by atoms with Crippen LogP contribution in [0.4, 0.5) is 14.5 Å². The highest BCUT2D eigenvalue weighted by atomic mass is 35.5. The summed E-state index contributed by atoms with van der Waals surface area (Å²) in [5.74, 6) is -3.43. The molecular formula is C22H24ClF2N5O3. The maximum atomic E-state index is 13.8. The lowest BCUT2D eigenvalue weighted by Gasteiger charge is -2.40. The van der Waals surface area contributed by atoms with Gasteiger partial charge in [0, 0.05) is 25.2 Å². The molecule has 2 aliphatic rings. The number of benzene rings is 1. The summed E-state index contributed by atoms with van der Waals surface area (Å²) in [5.41, 5.74) is 4.81. The maximum absolute atomic E-state index is 13.8. The van der Waals surface area contributed by atoms with Gasteiger partial charge in [0.2, 0.25) is 5.91 Å². The zero-order valence-electron chi connectivity index (χ0n) is 18.0. The Balaban J connectivity index is 1.48. The van der Waals surface area contributed by atoms with Gasteiger partial charge >= 0.3 is 0 Å². The van der Waals surface area contributed by atoms with Crippen LogP contribution in [0.5, 0.6) is 0 Å². The molecule has 11 heteroatoms. The van der Waals surface area contributed by atoms with Crippen LogP contribution in [-0.2, 0) is 4.79 Å². The van der Waals surface area contributed by atoms with Crippen LogP contribution < -0.4 is 10.6 Å². The number of anilines is 1. The number of halogens is 3. The number of imidazole rings is 1. The average Bonchev–Trinajstić information content (AvgIpc) is 3.39. The number of H-pyrrole nitrogens is 1. The van der Waals surface area contributed by atoms with Crippen LogP contribution in [0.2, 0.25) is 5.02 Å². The maximum Gasteiger partial charge on any atom is 0.273 e. The number of hydrogen-bond donors (Lipinski definition) is 2. The molecule has 1 aromatic heterocycles. The van der Waals surface area contributed by atoms with Gasteiger partial charge in [-0.2, -0.15) is 0 Å². The molecule has 1 saturated heterocycles. The number of hydrogen-bond acceptors (Lipinski definition) is 4. The molecular weight excluding hydrogens is 456 g/mol. The highest BCUT2D eigenvalue weighted by Crippen LogP contribution is 2.48. The molecule has 4 rings (SSSR count). The number of aromatic nitrogens is 2. The molecule has 1 aliphatic carbocycles. The lowest BCUT2D eigenvalue weighted by atomic mass is 9.71. The number of nitrogens with one attached hydrogen (secondary N) is 1. The number of amides is 3. The van der Waals surface area contributed by atoms with Crippen LogP contribution in [0, 0.1) is 17.0 Å². The number of nitrogens with two attached hydrogens (primary N) is 1. The summed E-state index contributed by atoms with van der Waals surface area (Å²) >= 11 is 6.09. The fourth-order valence-electron chi connectivity index (χ4n) is 5.06. The van der Waals surface area contributed by atoms with Gasteiger partial charge in [0.1, 0.15) is 5.69 Å². The minimum Gasteiger partial charge on any atom is -0.364 e. The molecule has 0 radical (unpaired) electrons. The van der Waals surface area contributed by atoms with Crippen molar-refractivity contribution in [3.63, 3.8) is 0 Å². The van der Waals surface area contributed by atoms with Crippen molar-refractivity contribution in [1.29, 1.82) is 0 Å². The first kappa shape index (κ1) is 23.2. The minimum atomic E-state index is -1.06. The molecule has 1 aliphatic heterocycles. The third-order valence-corrected chi connectivity index (χ3v) is 7.14. The number of primary amides is 1.